The molecule has 2 heterocycles. The second-order valence-electron chi connectivity index (χ2n) is 10.5. The van der Waals surface area contributed by atoms with Crippen molar-refractivity contribution in [2.45, 2.75) is 50.8 Å². The maximum atomic E-state index is 15.1. The average molecular weight is 537 g/mol. The maximum Gasteiger partial charge on any atom is 0.330 e. The summed E-state index contributed by atoms with van der Waals surface area (Å²) in [6.45, 7) is 5.73. The van der Waals surface area contributed by atoms with E-state index in [1.807, 2.05) is 60.7 Å². The Kier molecular flexibility index (Phi) is 8.79. The van der Waals surface area contributed by atoms with E-state index < -0.39 is 49.8 Å². The number of ether oxygens (including phenoxy) is 3. The van der Waals surface area contributed by atoms with Gasteiger partial charge in [0.15, 0.2) is 6.23 Å². The third-order valence-electron chi connectivity index (χ3n) is 6.20. The lowest BCUT2D eigenvalue weighted by molar-refractivity contribution is -0.165. The van der Waals surface area contributed by atoms with Crippen LogP contribution in [0.5, 0.6) is 0 Å². The molecule has 0 aliphatic carbocycles. The smallest absolute Gasteiger partial charge is 0.330 e. The van der Waals surface area contributed by atoms with E-state index in [0.29, 0.717) is 0 Å². The normalized spacial score (nSPS) is 23.1. The van der Waals surface area contributed by atoms with E-state index in [4.69, 9.17) is 14.2 Å². The standard InChI is InChI=1S/C29H33FN2O5Si/c1-38(2,3)17-15-24-26(36-19-23-12-8-5-9-13-23)29(20-30,21-35-18-22-10-6-4-7-11-22)37-27(24)32-16-14-25(33)31-28(32)34/h4-14,16,24,26-27H,18-21H2,1-3H3,(H,31,33,34)/t24-,26-,27+,29+/m0/s1. The first kappa shape index (κ1) is 27.7. The molecule has 1 fully saturated rings. The minimum absolute atomic E-state index is 0.114. The number of nitrogens with zero attached hydrogens (tertiary/aromatic N) is 1. The summed E-state index contributed by atoms with van der Waals surface area (Å²) in [5, 5.41) is 0. The maximum absolute atomic E-state index is 15.1. The molecule has 0 bridgehead atoms. The molecular weight excluding hydrogens is 503 g/mol. The van der Waals surface area contributed by atoms with Crippen LogP contribution in [0.2, 0.25) is 19.6 Å². The van der Waals surface area contributed by atoms with E-state index in [1.165, 1.54) is 16.8 Å². The van der Waals surface area contributed by atoms with Crippen molar-refractivity contribution in [1.82, 2.24) is 9.55 Å². The molecule has 1 aromatic heterocycles. The molecule has 200 valence electrons. The summed E-state index contributed by atoms with van der Waals surface area (Å²) in [7, 11) is -1.86. The summed E-state index contributed by atoms with van der Waals surface area (Å²) >= 11 is 0. The highest BCUT2D eigenvalue weighted by molar-refractivity contribution is 6.83. The van der Waals surface area contributed by atoms with Gasteiger partial charge in [-0.05, 0) is 11.1 Å². The van der Waals surface area contributed by atoms with Gasteiger partial charge >= 0.3 is 5.69 Å². The lowest BCUT2D eigenvalue weighted by Gasteiger charge is -2.32. The predicted octanol–water partition coefficient (Wildman–Crippen LogP) is 4.07. The Morgan fingerprint density at radius 1 is 1.00 bits per heavy atom. The van der Waals surface area contributed by atoms with Crippen LogP contribution in [-0.2, 0) is 27.4 Å². The number of hydrogen-bond acceptors (Lipinski definition) is 5. The van der Waals surface area contributed by atoms with Gasteiger partial charge in [0.05, 0.1) is 25.7 Å². The summed E-state index contributed by atoms with van der Waals surface area (Å²) < 4.78 is 35.0. The minimum atomic E-state index is -1.86. The molecule has 1 aliphatic rings. The van der Waals surface area contributed by atoms with E-state index in [2.05, 4.69) is 36.1 Å². The molecule has 4 atom stereocenters. The first-order chi connectivity index (χ1) is 18.2. The van der Waals surface area contributed by atoms with Crippen LogP contribution in [0.1, 0.15) is 17.4 Å². The summed E-state index contributed by atoms with van der Waals surface area (Å²) in [4.78, 5) is 26.8. The van der Waals surface area contributed by atoms with Crippen LogP contribution < -0.4 is 11.2 Å². The van der Waals surface area contributed by atoms with Crippen LogP contribution in [0.15, 0.2) is 82.5 Å². The second-order valence-corrected chi connectivity index (χ2v) is 15.2. The molecule has 0 unspecified atom stereocenters. The predicted molar refractivity (Wildman–Crippen MR) is 146 cm³/mol. The SMILES string of the molecule is C[Si](C)(C)C#C[C@@H]1[C@H](n2ccc(=O)[nH]c2=O)O[C@](CF)(COCc2ccccc2)[C@H]1OCc1ccccc1. The zero-order chi connectivity index (χ0) is 27.2. The van der Waals surface area contributed by atoms with Crippen molar-refractivity contribution < 1.29 is 18.6 Å². The monoisotopic (exact) mass is 536 g/mol. The highest BCUT2D eigenvalue weighted by atomic mass is 28.3. The molecule has 0 saturated carbocycles. The first-order valence-electron chi connectivity index (χ1n) is 12.6. The van der Waals surface area contributed by atoms with E-state index in [1.54, 1.807) is 0 Å². The van der Waals surface area contributed by atoms with E-state index in [0.717, 1.165) is 11.1 Å². The van der Waals surface area contributed by atoms with Gasteiger partial charge in [0.2, 0.25) is 0 Å². The molecular formula is C29H33FN2O5Si. The third kappa shape index (κ3) is 6.77. The average Bonchev–Trinajstić information content (AvgIpc) is 3.20. The van der Waals surface area contributed by atoms with Gasteiger partial charge in [-0.1, -0.05) is 86.2 Å². The van der Waals surface area contributed by atoms with Crippen LogP contribution >= 0.6 is 0 Å². The summed E-state index contributed by atoms with van der Waals surface area (Å²) in [5.74, 6) is 2.59. The lowest BCUT2D eigenvalue weighted by Crippen LogP contribution is -2.49. The summed E-state index contributed by atoms with van der Waals surface area (Å²) in [5.41, 5.74) is 2.47. The fourth-order valence-corrected chi connectivity index (χ4v) is 4.96. The van der Waals surface area contributed by atoms with Crippen LogP contribution in [0.25, 0.3) is 0 Å². The van der Waals surface area contributed by atoms with Crippen molar-refractivity contribution >= 4 is 8.07 Å². The third-order valence-corrected chi connectivity index (χ3v) is 7.10. The van der Waals surface area contributed by atoms with Crippen molar-refractivity contribution in [2.24, 2.45) is 5.92 Å². The Morgan fingerprint density at radius 2 is 1.63 bits per heavy atom. The van der Waals surface area contributed by atoms with Gasteiger partial charge in [-0.25, -0.2) is 9.18 Å². The number of halogens is 1. The Bertz CT molecular complexity index is 1380. The van der Waals surface area contributed by atoms with Crippen molar-refractivity contribution in [1.29, 1.82) is 0 Å². The molecule has 0 spiro atoms. The number of nitrogens with one attached hydrogen (secondary N) is 1. The van der Waals surface area contributed by atoms with E-state index in [9.17, 15) is 9.59 Å². The quantitative estimate of drug-likeness (QED) is 0.329. The molecule has 0 amide bonds. The molecule has 4 rings (SSSR count). The number of rotatable bonds is 9. The molecule has 2 aromatic carbocycles. The first-order valence-corrected chi connectivity index (χ1v) is 16.1. The largest absolute Gasteiger partial charge is 0.374 e. The van der Waals surface area contributed by atoms with Crippen molar-refractivity contribution in [3.8, 4) is 11.5 Å². The van der Waals surface area contributed by atoms with Crippen molar-refractivity contribution in [2.75, 3.05) is 13.3 Å². The van der Waals surface area contributed by atoms with Crippen LogP contribution in [0.3, 0.4) is 0 Å². The van der Waals surface area contributed by atoms with Crippen molar-refractivity contribution in [3.63, 3.8) is 0 Å². The van der Waals surface area contributed by atoms with E-state index >= 15 is 4.39 Å². The molecule has 0 radical (unpaired) electrons. The molecule has 1 aliphatic heterocycles. The zero-order valence-electron chi connectivity index (χ0n) is 21.9. The van der Waals surface area contributed by atoms with Gasteiger partial charge < -0.3 is 14.2 Å². The number of hydrogen-bond donors (Lipinski definition) is 1. The highest BCUT2D eigenvalue weighted by Crippen LogP contribution is 2.44. The van der Waals surface area contributed by atoms with Gasteiger partial charge in [-0.15, -0.1) is 5.54 Å². The molecule has 1 saturated heterocycles. The van der Waals surface area contributed by atoms with Gasteiger partial charge in [0.25, 0.3) is 5.56 Å². The Morgan fingerprint density at radius 3 is 2.21 bits per heavy atom. The summed E-state index contributed by atoms with van der Waals surface area (Å²) in [6.07, 6.45) is -0.487. The minimum Gasteiger partial charge on any atom is -0.374 e. The second kappa shape index (κ2) is 12.0. The van der Waals surface area contributed by atoms with Gasteiger partial charge in [-0.2, -0.15) is 0 Å². The lowest BCUT2D eigenvalue weighted by atomic mass is 9.91. The van der Waals surface area contributed by atoms with Gasteiger partial charge in [0, 0.05) is 12.3 Å². The van der Waals surface area contributed by atoms with E-state index in [-0.39, 0.29) is 19.8 Å². The molecule has 7 nitrogen and oxygen atoms in total. The van der Waals surface area contributed by atoms with Crippen LogP contribution in [0, 0.1) is 17.4 Å². The number of H-pyrrole nitrogens is 1. The Labute approximate surface area is 222 Å². The molecule has 9 heteroatoms. The number of aromatic nitrogens is 2. The van der Waals surface area contributed by atoms with Crippen molar-refractivity contribution in [3.05, 3.63) is 105 Å². The number of benzene rings is 2. The Balaban J connectivity index is 1.73. The number of alkyl halides is 1. The molecule has 3 aromatic rings. The Hall–Kier alpha value is -3.29. The van der Waals surface area contributed by atoms with Gasteiger partial charge in [0.1, 0.15) is 26.5 Å². The van der Waals surface area contributed by atoms with Crippen LogP contribution in [-0.4, -0.2) is 42.6 Å². The topological polar surface area (TPSA) is 82.6 Å². The molecule has 1 N–H and O–H groups in total. The fourth-order valence-electron chi connectivity index (χ4n) is 4.36. The van der Waals surface area contributed by atoms with Crippen LogP contribution in [0.4, 0.5) is 4.39 Å². The highest BCUT2D eigenvalue weighted by Gasteiger charge is 2.57. The number of aromatic amines is 1. The summed E-state index contributed by atoms with van der Waals surface area (Å²) in [6, 6.07) is 20.4. The zero-order valence-corrected chi connectivity index (χ0v) is 22.9. The van der Waals surface area contributed by atoms with Gasteiger partial charge in [-0.3, -0.25) is 14.3 Å². The fraction of sp³-hybridized carbons (Fsp3) is 0.379. The molecule has 38 heavy (non-hydrogen) atoms.